The summed E-state index contributed by atoms with van der Waals surface area (Å²) in [6.07, 6.45) is 0.948. The molecule has 0 aliphatic rings. The molecule has 3 nitrogen and oxygen atoms in total. The van der Waals surface area contributed by atoms with Crippen molar-refractivity contribution >= 4 is 33.2 Å². The number of nitrogens with one attached hydrogen (secondary N) is 2. The molecule has 0 spiro atoms. The molecule has 1 heterocycles. The van der Waals surface area contributed by atoms with E-state index in [1.54, 1.807) is 11.3 Å². The zero-order chi connectivity index (χ0) is 15.1. The van der Waals surface area contributed by atoms with Gasteiger partial charge >= 0.3 is 0 Å². The van der Waals surface area contributed by atoms with Gasteiger partial charge in [0.15, 0.2) is 0 Å². The summed E-state index contributed by atoms with van der Waals surface area (Å²) in [5.41, 5.74) is 1.84. The van der Waals surface area contributed by atoms with E-state index in [9.17, 15) is 4.79 Å². The van der Waals surface area contributed by atoms with Crippen LogP contribution in [0.25, 0.3) is 0 Å². The number of carbonyl (C=O) groups excluding carboxylic acids is 1. The summed E-state index contributed by atoms with van der Waals surface area (Å²) in [4.78, 5) is 13.2. The standard InChI is InChI=1S/C16H19BrN2OS/c1-2-6-19-16(20)13-5-3-4-12(7-13)9-18-10-15-8-14(17)11-21-15/h3-5,7-8,11,18H,2,6,9-10H2,1H3,(H,19,20). The number of thiophene rings is 1. The van der Waals surface area contributed by atoms with Gasteiger partial charge < -0.3 is 10.6 Å². The fourth-order valence-corrected chi connectivity index (χ4v) is 3.36. The first-order chi connectivity index (χ1) is 10.2. The lowest BCUT2D eigenvalue weighted by Crippen LogP contribution is -2.24. The molecular weight excluding hydrogens is 348 g/mol. The molecule has 2 N–H and O–H groups in total. The van der Waals surface area contributed by atoms with Gasteiger partial charge in [-0.3, -0.25) is 4.79 Å². The number of carbonyl (C=O) groups is 1. The maximum Gasteiger partial charge on any atom is 0.251 e. The molecule has 0 aliphatic carbocycles. The lowest BCUT2D eigenvalue weighted by molar-refractivity contribution is 0.0953. The van der Waals surface area contributed by atoms with Crippen LogP contribution in [0, 0.1) is 0 Å². The number of benzene rings is 1. The molecule has 0 bridgehead atoms. The van der Waals surface area contributed by atoms with E-state index in [0.717, 1.165) is 35.1 Å². The fraction of sp³-hybridized carbons (Fsp3) is 0.312. The molecule has 1 aromatic carbocycles. The second kappa shape index (κ2) is 8.32. The van der Waals surface area contributed by atoms with Gasteiger partial charge in [0.1, 0.15) is 0 Å². The summed E-state index contributed by atoms with van der Waals surface area (Å²) in [5, 5.41) is 8.38. The van der Waals surface area contributed by atoms with Gasteiger partial charge in [-0.05, 0) is 46.1 Å². The average molecular weight is 367 g/mol. The van der Waals surface area contributed by atoms with E-state index in [-0.39, 0.29) is 5.91 Å². The Balaban J connectivity index is 1.87. The lowest BCUT2D eigenvalue weighted by Gasteiger charge is -2.07. The van der Waals surface area contributed by atoms with Crippen LogP contribution in [0.1, 0.15) is 34.1 Å². The number of hydrogen-bond donors (Lipinski definition) is 2. The third-order valence-electron chi connectivity index (χ3n) is 2.97. The minimum absolute atomic E-state index is 0.000822. The fourth-order valence-electron chi connectivity index (χ4n) is 1.94. The highest BCUT2D eigenvalue weighted by Crippen LogP contribution is 2.19. The van der Waals surface area contributed by atoms with Crippen LogP contribution in [0.4, 0.5) is 0 Å². The Morgan fingerprint density at radius 1 is 1.29 bits per heavy atom. The van der Waals surface area contributed by atoms with Crippen molar-refractivity contribution < 1.29 is 4.79 Å². The van der Waals surface area contributed by atoms with Crippen molar-refractivity contribution in [2.75, 3.05) is 6.54 Å². The third kappa shape index (κ3) is 5.26. The molecule has 112 valence electrons. The second-order valence-electron chi connectivity index (χ2n) is 4.79. The second-order valence-corrected chi connectivity index (χ2v) is 6.70. The summed E-state index contributed by atoms with van der Waals surface area (Å²) in [6.45, 7) is 4.35. The van der Waals surface area contributed by atoms with Crippen molar-refractivity contribution in [3.63, 3.8) is 0 Å². The smallest absolute Gasteiger partial charge is 0.251 e. The zero-order valence-electron chi connectivity index (χ0n) is 12.0. The van der Waals surface area contributed by atoms with E-state index in [1.165, 1.54) is 4.88 Å². The van der Waals surface area contributed by atoms with Crippen LogP contribution in [0.5, 0.6) is 0 Å². The van der Waals surface area contributed by atoms with Crippen molar-refractivity contribution in [2.24, 2.45) is 0 Å². The Labute approximate surface area is 137 Å². The summed E-state index contributed by atoms with van der Waals surface area (Å²) in [6, 6.07) is 9.88. The monoisotopic (exact) mass is 366 g/mol. The normalized spacial score (nSPS) is 10.6. The maximum atomic E-state index is 11.9. The topological polar surface area (TPSA) is 41.1 Å². The molecule has 5 heteroatoms. The van der Waals surface area contributed by atoms with Crippen molar-refractivity contribution in [3.05, 3.63) is 56.2 Å². The first-order valence-corrected chi connectivity index (χ1v) is 8.67. The molecule has 0 unspecified atom stereocenters. The van der Waals surface area contributed by atoms with Crippen LogP contribution in [0.2, 0.25) is 0 Å². The first kappa shape index (κ1) is 16.2. The summed E-state index contributed by atoms with van der Waals surface area (Å²) >= 11 is 5.18. The van der Waals surface area contributed by atoms with Crippen molar-refractivity contribution in [1.29, 1.82) is 0 Å². The number of rotatable bonds is 7. The quantitative estimate of drug-likeness (QED) is 0.778. The summed E-state index contributed by atoms with van der Waals surface area (Å²) < 4.78 is 1.12. The number of hydrogen-bond acceptors (Lipinski definition) is 3. The van der Waals surface area contributed by atoms with Gasteiger partial charge in [-0.15, -0.1) is 11.3 Å². The molecule has 0 fully saturated rings. The van der Waals surface area contributed by atoms with Crippen LogP contribution in [0.15, 0.2) is 40.2 Å². The van der Waals surface area contributed by atoms with Crippen LogP contribution in [-0.2, 0) is 13.1 Å². The van der Waals surface area contributed by atoms with Gasteiger partial charge in [-0.2, -0.15) is 0 Å². The highest BCUT2D eigenvalue weighted by atomic mass is 79.9. The SMILES string of the molecule is CCCNC(=O)c1cccc(CNCc2cc(Br)cs2)c1. The van der Waals surface area contributed by atoms with Crippen LogP contribution in [0.3, 0.4) is 0 Å². The molecule has 0 atom stereocenters. The Kier molecular flexibility index (Phi) is 6.42. The predicted molar refractivity (Wildman–Crippen MR) is 91.6 cm³/mol. The summed E-state index contributed by atoms with van der Waals surface area (Å²) in [7, 11) is 0. The highest BCUT2D eigenvalue weighted by molar-refractivity contribution is 9.10. The average Bonchev–Trinajstić information content (AvgIpc) is 2.90. The van der Waals surface area contributed by atoms with E-state index in [2.05, 4.69) is 38.0 Å². The van der Waals surface area contributed by atoms with Crippen LogP contribution in [-0.4, -0.2) is 12.5 Å². The van der Waals surface area contributed by atoms with E-state index >= 15 is 0 Å². The molecule has 0 saturated carbocycles. The van der Waals surface area contributed by atoms with E-state index in [1.807, 2.05) is 31.2 Å². The molecule has 2 rings (SSSR count). The predicted octanol–water partition coefficient (Wildman–Crippen LogP) is 3.94. The minimum Gasteiger partial charge on any atom is -0.352 e. The van der Waals surface area contributed by atoms with Crippen LogP contribution >= 0.6 is 27.3 Å². The molecule has 2 aromatic rings. The van der Waals surface area contributed by atoms with Crippen molar-refractivity contribution in [1.82, 2.24) is 10.6 Å². The number of halogens is 1. The van der Waals surface area contributed by atoms with E-state index in [0.29, 0.717) is 6.54 Å². The first-order valence-electron chi connectivity index (χ1n) is 7.00. The highest BCUT2D eigenvalue weighted by Gasteiger charge is 2.05. The maximum absolute atomic E-state index is 11.9. The summed E-state index contributed by atoms with van der Waals surface area (Å²) in [5.74, 6) is 0.000822. The molecule has 1 aromatic heterocycles. The van der Waals surface area contributed by atoms with Gasteiger partial charge in [-0.1, -0.05) is 19.1 Å². The molecule has 0 radical (unpaired) electrons. The van der Waals surface area contributed by atoms with Gasteiger partial charge in [-0.25, -0.2) is 0 Å². The molecule has 0 saturated heterocycles. The van der Waals surface area contributed by atoms with Gasteiger partial charge in [0, 0.05) is 39.9 Å². The zero-order valence-corrected chi connectivity index (χ0v) is 14.4. The van der Waals surface area contributed by atoms with Gasteiger partial charge in [0.05, 0.1) is 0 Å². The molecular formula is C16H19BrN2OS. The Bertz CT molecular complexity index is 597. The van der Waals surface area contributed by atoms with Gasteiger partial charge in [0.2, 0.25) is 0 Å². The van der Waals surface area contributed by atoms with Gasteiger partial charge in [0.25, 0.3) is 5.91 Å². The van der Waals surface area contributed by atoms with Crippen molar-refractivity contribution in [3.8, 4) is 0 Å². The Morgan fingerprint density at radius 2 is 2.14 bits per heavy atom. The molecule has 0 aliphatic heterocycles. The Hall–Kier alpha value is -1.17. The minimum atomic E-state index is 0.000822. The largest absolute Gasteiger partial charge is 0.352 e. The molecule has 1 amide bonds. The van der Waals surface area contributed by atoms with E-state index in [4.69, 9.17) is 0 Å². The van der Waals surface area contributed by atoms with Crippen molar-refractivity contribution in [2.45, 2.75) is 26.4 Å². The Morgan fingerprint density at radius 3 is 2.86 bits per heavy atom. The number of amides is 1. The molecule has 21 heavy (non-hydrogen) atoms. The third-order valence-corrected chi connectivity index (χ3v) is 4.67. The van der Waals surface area contributed by atoms with E-state index < -0.39 is 0 Å². The van der Waals surface area contributed by atoms with Crippen LogP contribution < -0.4 is 10.6 Å². The lowest BCUT2D eigenvalue weighted by atomic mass is 10.1.